The quantitative estimate of drug-likeness (QED) is 0.915. The van der Waals surface area contributed by atoms with Gasteiger partial charge < -0.3 is 10.1 Å². The van der Waals surface area contributed by atoms with Gasteiger partial charge >= 0.3 is 0 Å². The zero-order chi connectivity index (χ0) is 13.8. The molecule has 1 N–H and O–H groups in total. The fourth-order valence-corrected chi connectivity index (χ4v) is 2.01. The first kappa shape index (κ1) is 14.0. The third kappa shape index (κ3) is 3.33. The van der Waals surface area contributed by atoms with Gasteiger partial charge in [0.2, 0.25) is 5.88 Å². The molecule has 0 fully saturated rings. The maximum absolute atomic E-state index is 5.90. The highest BCUT2D eigenvalue weighted by molar-refractivity contribution is 9.10. The molecule has 0 spiro atoms. The Kier molecular flexibility index (Phi) is 4.56. The average Bonchev–Trinajstić information content (AvgIpc) is 2.43. The van der Waals surface area contributed by atoms with E-state index in [9.17, 15) is 0 Å². The first-order valence-electron chi connectivity index (χ1n) is 6.18. The number of hydrogen-bond donors (Lipinski definition) is 1. The molecule has 1 unspecified atom stereocenters. The summed E-state index contributed by atoms with van der Waals surface area (Å²) in [5.41, 5.74) is 2.18. The maximum Gasteiger partial charge on any atom is 0.223 e. The molecule has 0 aliphatic heterocycles. The summed E-state index contributed by atoms with van der Waals surface area (Å²) in [6.45, 7) is 4.11. The minimum Gasteiger partial charge on any atom is -0.439 e. The van der Waals surface area contributed by atoms with E-state index in [1.54, 1.807) is 6.20 Å². The van der Waals surface area contributed by atoms with Crippen molar-refractivity contribution in [3.8, 4) is 11.6 Å². The monoisotopic (exact) mass is 320 g/mol. The summed E-state index contributed by atoms with van der Waals surface area (Å²) in [6, 6.07) is 10.0. The third-order valence-corrected chi connectivity index (χ3v) is 3.93. The van der Waals surface area contributed by atoms with Crippen molar-refractivity contribution < 1.29 is 4.74 Å². The van der Waals surface area contributed by atoms with Crippen LogP contribution in [0, 0.1) is 6.92 Å². The highest BCUT2D eigenvalue weighted by Gasteiger charge is 2.11. The van der Waals surface area contributed by atoms with Gasteiger partial charge in [-0.05, 0) is 50.7 Å². The predicted octanol–water partition coefficient (Wildman–Crippen LogP) is 4.23. The Morgan fingerprint density at radius 1 is 1.32 bits per heavy atom. The van der Waals surface area contributed by atoms with Gasteiger partial charge in [-0.25, -0.2) is 4.98 Å². The Labute approximate surface area is 122 Å². The van der Waals surface area contributed by atoms with E-state index in [-0.39, 0.29) is 6.04 Å². The summed E-state index contributed by atoms with van der Waals surface area (Å²) in [7, 11) is 1.92. The summed E-state index contributed by atoms with van der Waals surface area (Å²) >= 11 is 3.48. The van der Waals surface area contributed by atoms with Crippen molar-refractivity contribution in [2.24, 2.45) is 0 Å². The zero-order valence-electron chi connectivity index (χ0n) is 11.3. The molecule has 1 heterocycles. The lowest BCUT2D eigenvalue weighted by atomic mass is 10.1. The van der Waals surface area contributed by atoms with Crippen LogP contribution in [0.4, 0.5) is 0 Å². The van der Waals surface area contributed by atoms with E-state index >= 15 is 0 Å². The normalized spacial score (nSPS) is 12.2. The Hall–Kier alpha value is -1.39. The van der Waals surface area contributed by atoms with E-state index < -0.39 is 0 Å². The van der Waals surface area contributed by atoms with Crippen molar-refractivity contribution in [2.75, 3.05) is 7.05 Å². The minimum atomic E-state index is 0.195. The largest absolute Gasteiger partial charge is 0.439 e. The molecule has 2 aromatic rings. The van der Waals surface area contributed by atoms with Crippen LogP contribution in [0.15, 0.2) is 41.0 Å². The molecule has 0 radical (unpaired) electrons. The van der Waals surface area contributed by atoms with Gasteiger partial charge in [0.15, 0.2) is 0 Å². The second-order valence-corrected chi connectivity index (χ2v) is 5.28. The molecule has 0 saturated carbocycles. The number of pyridine rings is 1. The van der Waals surface area contributed by atoms with Crippen molar-refractivity contribution in [1.29, 1.82) is 0 Å². The smallest absolute Gasteiger partial charge is 0.223 e. The standard InChI is InChI=1S/C15H17BrN2O/c1-10-9-12(6-7-14(10)16)19-15-13(11(2)17-3)5-4-8-18-15/h4-9,11,17H,1-3H3. The van der Waals surface area contributed by atoms with Gasteiger partial charge in [-0.3, -0.25) is 0 Å². The lowest BCUT2D eigenvalue weighted by Gasteiger charge is -2.15. The number of aromatic nitrogens is 1. The summed E-state index contributed by atoms with van der Waals surface area (Å²) in [6.07, 6.45) is 1.74. The number of nitrogens with one attached hydrogen (secondary N) is 1. The molecule has 1 aromatic carbocycles. The van der Waals surface area contributed by atoms with Crippen LogP contribution in [0.3, 0.4) is 0 Å². The predicted molar refractivity (Wildman–Crippen MR) is 80.7 cm³/mol. The van der Waals surface area contributed by atoms with Crippen molar-refractivity contribution in [2.45, 2.75) is 19.9 Å². The van der Waals surface area contributed by atoms with Crippen LogP contribution in [0.25, 0.3) is 0 Å². The van der Waals surface area contributed by atoms with Crippen LogP contribution >= 0.6 is 15.9 Å². The second kappa shape index (κ2) is 6.17. The second-order valence-electron chi connectivity index (χ2n) is 4.42. The van der Waals surface area contributed by atoms with Crippen LogP contribution in [-0.2, 0) is 0 Å². The van der Waals surface area contributed by atoms with Gasteiger partial charge in [0.05, 0.1) is 0 Å². The topological polar surface area (TPSA) is 34.2 Å². The van der Waals surface area contributed by atoms with E-state index in [2.05, 4.69) is 33.2 Å². The molecule has 3 nitrogen and oxygen atoms in total. The highest BCUT2D eigenvalue weighted by Crippen LogP contribution is 2.29. The van der Waals surface area contributed by atoms with Crippen molar-refractivity contribution >= 4 is 15.9 Å². The van der Waals surface area contributed by atoms with Crippen LogP contribution in [0.2, 0.25) is 0 Å². The maximum atomic E-state index is 5.90. The minimum absolute atomic E-state index is 0.195. The third-order valence-electron chi connectivity index (χ3n) is 3.04. The molecule has 0 saturated heterocycles. The van der Waals surface area contributed by atoms with Gasteiger partial charge in [-0.1, -0.05) is 22.0 Å². The molecular formula is C15H17BrN2O. The molecule has 1 atom stereocenters. The highest BCUT2D eigenvalue weighted by atomic mass is 79.9. The molecule has 0 aliphatic rings. The van der Waals surface area contributed by atoms with Gasteiger partial charge in [0.1, 0.15) is 5.75 Å². The van der Waals surface area contributed by atoms with E-state index in [4.69, 9.17) is 4.74 Å². The molecule has 100 valence electrons. The van der Waals surface area contributed by atoms with E-state index in [0.717, 1.165) is 21.3 Å². The van der Waals surface area contributed by atoms with E-state index in [1.807, 2.05) is 44.3 Å². The molecule has 1 aromatic heterocycles. The number of hydrogen-bond acceptors (Lipinski definition) is 3. The van der Waals surface area contributed by atoms with Crippen LogP contribution in [0.1, 0.15) is 24.1 Å². The van der Waals surface area contributed by atoms with E-state index in [0.29, 0.717) is 5.88 Å². The lowest BCUT2D eigenvalue weighted by molar-refractivity contribution is 0.446. The fourth-order valence-electron chi connectivity index (χ4n) is 1.77. The average molecular weight is 321 g/mol. The van der Waals surface area contributed by atoms with Crippen LogP contribution in [-0.4, -0.2) is 12.0 Å². The first-order valence-corrected chi connectivity index (χ1v) is 6.97. The van der Waals surface area contributed by atoms with E-state index in [1.165, 1.54) is 0 Å². The van der Waals surface area contributed by atoms with Gasteiger partial charge in [0.25, 0.3) is 0 Å². The number of nitrogens with zero attached hydrogens (tertiary/aromatic N) is 1. The van der Waals surface area contributed by atoms with Gasteiger partial charge in [0, 0.05) is 22.3 Å². The molecule has 19 heavy (non-hydrogen) atoms. The molecule has 0 amide bonds. The number of halogens is 1. The van der Waals surface area contributed by atoms with Crippen molar-refractivity contribution in [1.82, 2.24) is 10.3 Å². The molecule has 4 heteroatoms. The number of ether oxygens (including phenoxy) is 1. The van der Waals surface area contributed by atoms with Crippen LogP contribution < -0.4 is 10.1 Å². The summed E-state index contributed by atoms with van der Waals surface area (Å²) in [4.78, 5) is 4.32. The van der Waals surface area contributed by atoms with Gasteiger partial charge in [-0.2, -0.15) is 0 Å². The summed E-state index contributed by atoms with van der Waals surface area (Å²) < 4.78 is 6.97. The Morgan fingerprint density at radius 2 is 2.11 bits per heavy atom. The molecular weight excluding hydrogens is 304 g/mol. The number of rotatable bonds is 4. The number of aryl methyl sites for hydroxylation is 1. The number of benzene rings is 1. The summed E-state index contributed by atoms with van der Waals surface area (Å²) in [5.74, 6) is 1.44. The molecule has 2 rings (SSSR count). The Bertz CT molecular complexity index is 572. The zero-order valence-corrected chi connectivity index (χ0v) is 12.9. The first-order chi connectivity index (χ1) is 9.11. The fraction of sp³-hybridized carbons (Fsp3) is 0.267. The van der Waals surface area contributed by atoms with Crippen molar-refractivity contribution in [3.63, 3.8) is 0 Å². The van der Waals surface area contributed by atoms with Crippen molar-refractivity contribution in [3.05, 3.63) is 52.1 Å². The lowest BCUT2D eigenvalue weighted by Crippen LogP contribution is -2.13. The van der Waals surface area contributed by atoms with Crippen LogP contribution in [0.5, 0.6) is 11.6 Å². The molecule has 0 bridgehead atoms. The Balaban J connectivity index is 2.30. The molecule has 0 aliphatic carbocycles. The van der Waals surface area contributed by atoms with Gasteiger partial charge in [-0.15, -0.1) is 0 Å². The Morgan fingerprint density at radius 3 is 2.79 bits per heavy atom. The summed E-state index contributed by atoms with van der Waals surface area (Å²) in [5, 5.41) is 3.20. The SMILES string of the molecule is CNC(C)c1cccnc1Oc1ccc(Br)c(C)c1.